The van der Waals surface area contributed by atoms with E-state index < -0.39 is 0 Å². The fraction of sp³-hybridized carbons (Fsp3) is 0. The molecule has 4 aliphatic rings. The summed E-state index contributed by atoms with van der Waals surface area (Å²) in [6.45, 7) is 0. The Labute approximate surface area is 334 Å². The van der Waals surface area contributed by atoms with Crippen molar-refractivity contribution in [1.82, 2.24) is 4.98 Å². The molecule has 57 heavy (non-hydrogen) atoms. The van der Waals surface area contributed by atoms with Crippen molar-refractivity contribution >= 4 is 114 Å². The SMILES string of the molecule is c1ccc(N2B3N(c4ccc5sc6ncc(N7B8N(c9ccccc9)c9ccccc9N8c8ccccc87)cc6c5c4)c4ccccc4N3c3ccccc32)cc1. The molecule has 10 heteroatoms. The summed E-state index contributed by atoms with van der Waals surface area (Å²) < 4.78 is 1.22. The van der Waals surface area contributed by atoms with E-state index in [1.54, 1.807) is 11.3 Å². The molecule has 7 aromatic carbocycles. The highest BCUT2D eigenvalue weighted by molar-refractivity contribution is 7.25. The summed E-state index contributed by atoms with van der Waals surface area (Å²) >= 11 is 1.76. The van der Waals surface area contributed by atoms with Crippen LogP contribution in [0.4, 0.5) is 68.2 Å². The van der Waals surface area contributed by atoms with E-state index in [9.17, 15) is 0 Å². The third-order valence-corrected chi connectivity index (χ3v) is 13.0. The average molecular weight is 748 g/mol. The van der Waals surface area contributed by atoms with Crippen LogP contribution in [0.15, 0.2) is 188 Å². The predicted octanol–water partition coefficient (Wildman–Crippen LogP) is 12.3. The first-order valence-electron chi connectivity index (χ1n) is 19.4. The van der Waals surface area contributed by atoms with E-state index in [-0.39, 0.29) is 14.2 Å². The number of pyridine rings is 1. The van der Waals surface area contributed by atoms with Crippen LogP contribution in [0.5, 0.6) is 0 Å². The zero-order chi connectivity index (χ0) is 37.2. The molecule has 0 fully saturated rings. The highest BCUT2D eigenvalue weighted by Gasteiger charge is 2.55. The molecule has 0 saturated heterocycles. The van der Waals surface area contributed by atoms with E-state index in [2.05, 4.69) is 217 Å². The zero-order valence-corrected chi connectivity index (χ0v) is 31.4. The van der Waals surface area contributed by atoms with Crippen LogP contribution in [0.25, 0.3) is 20.3 Å². The summed E-state index contributed by atoms with van der Waals surface area (Å²) in [5.74, 6) is 0. The highest BCUT2D eigenvalue weighted by Crippen LogP contribution is 2.58. The quantitative estimate of drug-likeness (QED) is 0.166. The van der Waals surface area contributed by atoms with E-state index in [1.807, 2.05) is 0 Å². The molecule has 0 amide bonds. The first kappa shape index (κ1) is 31.1. The molecule has 0 radical (unpaired) electrons. The minimum Gasteiger partial charge on any atom is -0.344 e. The van der Waals surface area contributed by atoms with E-state index in [0.717, 1.165) is 38.7 Å². The average Bonchev–Trinajstić information content (AvgIpc) is 4.06. The number of aromatic nitrogens is 1. The Bertz CT molecular complexity index is 2830. The van der Waals surface area contributed by atoms with Gasteiger partial charge in [0.15, 0.2) is 0 Å². The van der Waals surface area contributed by atoms with Crippen LogP contribution in [-0.2, 0) is 0 Å². The third kappa shape index (κ3) is 4.25. The van der Waals surface area contributed by atoms with Crippen molar-refractivity contribution in [3.05, 3.63) is 188 Å². The van der Waals surface area contributed by atoms with Gasteiger partial charge in [0.2, 0.25) is 0 Å². The van der Waals surface area contributed by atoms with Crippen LogP contribution in [0, 0.1) is 0 Å². The summed E-state index contributed by atoms with van der Waals surface area (Å²) in [5, 5.41) is 2.37. The monoisotopic (exact) mass is 747 g/mol. The topological polar surface area (TPSA) is 32.3 Å². The predicted molar refractivity (Wildman–Crippen MR) is 240 cm³/mol. The second kappa shape index (κ2) is 11.7. The van der Waals surface area contributed by atoms with Crippen LogP contribution in [0.2, 0.25) is 0 Å². The number of anilines is 12. The molecule has 4 aliphatic heterocycles. The van der Waals surface area contributed by atoms with Gasteiger partial charge in [0, 0.05) is 32.5 Å². The molecule has 6 heterocycles. The Morgan fingerprint density at radius 2 is 0.702 bits per heavy atom. The molecule has 2 aromatic heterocycles. The summed E-state index contributed by atoms with van der Waals surface area (Å²) in [6.07, 6.45) is 2.06. The van der Waals surface area contributed by atoms with Gasteiger partial charge in [-0.15, -0.1) is 11.3 Å². The molecule has 0 atom stereocenters. The number of thiophene rings is 1. The second-order valence-corrected chi connectivity index (χ2v) is 15.9. The molecule has 0 aliphatic carbocycles. The molecule has 0 spiro atoms. The summed E-state index contributed by atoms with van der Waals surface area (Å²) in [4.78, 5) is 21.1. The summed E-state index contributed by atoms with van der Waals surface area (Å²) in [7, 11) is -0.250. The maximum Gasteiger partial charge on any atom is 0.519 e. The largest absolute Gasteiger partial charge is 0.519 e. The zero-order valence-electron chi connectivity index (χ0n) is 30.6. The smallest absolute Gasteiger partial charge is 0.344 e. The van der Waals surface area contributed by atoms with Crippen LogP contribution < -0.4 is 28.9 Å². The minimum absolute atomic E-state index is 0.113. The van der Waals surface area contributed by atoms with E-state index in [0.29, 0.717) is 0 Å². The first-order valence-corrected chi connectivity index (χ1v) is 20.2. The molecule has 7 nitrogen and oxygen atoms in total. The summed E-state index contributed by atoms with van der Waals surface area (Å²) in [5.41, 5.74) is 14.0. The number of fused-ring (bicyclic) bond motifs is 13. The molecule has 0 saturated carbocycles. The molecular weight excluding hydrogens is 716 g/mol. The Kier molecular flexibility index (Phi) is 6.37. The number of rotatable bonds is 4. The fourth-order valence-electron chi connectivity index (χ4n) is 9.62. The third-order valence-electron chi connectivity index (χ3n) is 11.9. The Morgan fingerprint density at radius 1 is 0.333 bits per heavy atom. The first-order chi connectivity index (χ1) is 28.3. The van der Waals surface area contributed by atoms with Gasteiger partial charge in [-0.25, -0.2) is 4.98 Å². The van der Waals surface area contributed by atoms with Gasteiger partial charge in [-0.05, 0) is 97.1 Å². The van der Waals surface area contributed by atoms with Gasteiger partial charge >= 0.3 is 14.2 Å². The van der Waals surface area contributed by atoms with Crippen molar-refractivity contribution in [3.8, 4) is 0 Å². The molecular formula is C47H31B2N7S. The maximum atomic E-state index is 5.20. The van der Waals surface area contributed by atoms with Crippen LogP contribution >= 0.6 is 11.3 Å². The Hall–Kier alpha value is -7.16. The van der Waals surface area contributed by atoms with E-state index >= 15 is 0 Å². The lowest BCUT2D eigenvalue weighted by molar-refractivity contribution is 1.30. The van der Waals surface area contributed by atoms with Gasteiger partial charge in [0.1, 0.15) is 4.83 Å². The molecule has 0 N–H and O–H groups in total. The van der Waals surface area contributed by atoms with Gasteiger partial charge in [0.25, 0.3) is 0 Å². The van der Waals surface area contributed by atoms with Gasteiger partial charge in [0.05, 0.1) is 57.4 Å². The van der Waals surface area contributed by atoms with Crippen molar-refractivity contribution in [2.75, 3.05) is 28.9 Å². The Morgan fingerprint density at radius 3 is 1.16 bits per heavy atom. The normalized spacial score (nSPS) is 14.7. The van der Waals surface area contributed by atoms with Crippen molar-refractivity contribution in [2.45, 2.75) is 0 Å². The van der Waals surface area contributed by atoms with E-state index in [4.69, 9.17) is 4.98 Å². The maximum absolute atomic E-state index is 5.20. The lowest BCUT2D eigenvalue weighted by Crippen LogP contribution is -2.51. The van der Waals surface area contributed by atoms with Gasteiger partial charge in [-0.3, -0.25) is 0 Å². The van der Waals surface area contributed by atoms with Crippen LogP contribution in [0.3, 0.4) is 0 Å². The number of nitrogens with zero attached hydrogens (tertiary/aromatic N) is 7. The molecule has 0 bridgehead atoms. The van der Waals surface area contributed by atoms with Crippen molar-refractivity contribution < 1.29 is 0 Å². The van der Waals surface area contributed by atoms with Gasteiger partial charge in [-0.2, -0.15) is 0 Å². The lowest BCUT2D eigenvalue weighted by Gasteiger charge is -2.31. The van der Waals surface area contributed by atoms with Gasteiger partial charge < -0.3 is 28.9 Å². The summed E-state index contributed by atoms with van der Waals surface area (Å²) in [6, 6.07) is 65.9. The standard InChI is InChI=1S/C47H31B2N7S/c1-3-15-32(16-4-1)51-38-19-7-11-23-42(38)55-44-25-13-9-21-40(44)53(48(51)55)34-27-28-46-36(29-34)37-30-35(31-50-47(37)57-46)54-41-22-10-14-26-45(41)56-43-24-12-8-20-39(43)52(49(54)56)33-17-5-2-6-18-33/h1-31H. The van der Waals surface area contributed by atoms with Crippen molar-refractivity contribution in [2.24, 2.45) is 0 Å². The minimum atomic E-state index is -0.137. The van der Waals surface area contributed by atoms with Crippen molar-refractivity contribution in [3.63, 3.8) is 0 Å². The van der Waals surface area contributed by atoms with E-state index in [1.165, 1.54) is 49.9 Å². The van der Waals surface area contributed by atoms with Crippen LogP contribution in [-0.4, -0.2) is 19.2 Å². The molecule has 0 unspecified atom stereocenters. The Balaban J connectivity index is 0.980. The molecule has 266 valence electrons. The van der Waals surface area contributed by atoms with Crippen molar-refractivity contribution in [1.29, 1.82) is 0 Å². The number of hydrogen-bond acceptors (Lipinski definition) is 8. The number of benzene rings is 7. The number of para-hydroxylation sites is 10. The second-order valence-electron chi connectivity index (χ2n) is 14.9. The molecule has 13 rings (SSSR count). The fourth-order valence-corrected chi connectivity index (χ4v) is 10.6. The van der Waals surface area contributed by atoms with Crippen LogP contribution in [0.1, 0.15) is 0 Å². The molecule has 9 aromatic rings. The van der Waals surface area contributed by atoms with Gasteiger partial charge in [-0.1, -0.05) is 84.9 Å². The lowest BCUT2D eigenvalue weighted by atomic mass is 9.86. The highest BCUT2D eigenvalue weighted by atomic mass is 32.1. The number of hydrogen-bond donors (Lipinski definition) is 0.